The number of unbranched alkanes of at least 4 members (excludes halogenated alkanes) is 1. The van der Waals surface area contributed by atoms with Gasteiger partial charge in [-0.15, -0.1) is 0 Å². The summed E-state index contributed by atoms with van der Waals surface area (Å²) in [4.78, 5) is 12.2. The maximum Gasteiger partial charge on any atom is 0.319 e. The average molecular weight is 455 g/mol. The fourth-order valence-electron chi connectivity index (χ4n) is 3.55. The predicted octanol–water partition coefficient (Wildman–Crippen LogP) is 5.97. The lowest BCUT2D eigenvalue weighted by Gasteiger charge is -2.12. The molecule has 0 aliphatic carbocycles. The average Bonchev–Trinajstić information content (AvgIpc) is 3.16. The largest absolute Gasteiger partial charge is 0.457 e. The molecule has 4 aromatic rings. The van der Waals surface area contributed by atoms with Gasteiger partial charge in [-0.1, -0.05) is 31.5 Å². The van der Waals surface area contributed by atoms with Crippen LogP contribution in [0.15, 0.2) is 67.0 Å². The minimum Gasteiger partial charge on any atom is -0.457 e. The third kappa shape index (κ3) is 5.10. The SMILES string of the molecule is CCCCNC(=O)Nc1cn2ncc(C#N)c(Nc3ccc(Oc4ccccc4)cc3)c2c1C. The molecule has 3 N–H and O–H groups in total. The number of ether oxygens (including phenoxy) is 1. The van der Waals surface area contributed by atoms with Crippen molar-refractivity contribution >= 4 is 28.6 Å². The summed E-state index contributed by atoms with van der Waals surface area (Å²) < 4.78 is 7.51. The fourth-order valence-corrected chi connectivity index (χ4v) is 3.55. The highest BCUT2D eigenvalue weighted by Crippen LogP contribution is 2.33. The molecule has 0 radical (unpaired) electrons. The van der Waals surface area contributed by atoms with E-state index in [2.05, 4.69) is 34.0 Å². The summed E-state index contributed by atoms with van der Waals surface area (Å²) in [5, 5.41) is 23.1. The van der Waals surface area contributed by atoms with Crippen LogP contribution in [0, 0.1) is 18.3 Å². The lowest BCUT2D eigenvalue weighted by Crippen LogP contribution is -2.29. The van der Waals surface area contributed by atoms with Crippen molar-refractivity contribution in [1.29, 1.82) is 5.26 Å². The molecule has 34 heavy (non-hydrogen) atoms. The number of nitrogens with zero attached hydrogens (tertiary/aromatic N) is 3. The molecule has 2 heterocycles. The summed E-state index contributed by atoms with van der Waals surface area (Å²) >= 11 is 0. The van der Waals surface area contributed by atoms with Gasteiger partial charge in [-0.05, 0) is 49.7 Å². The van der Waals surface area contributed by atoms with Gasteiger partial charge < -0.3 is 20.7 Å². The summed E-state index contributed by atoms with van der Waals surface area (Å²) in [7, 11) is 0. The molecule has 2 aromatic heterocycles. The highest BCUT2D eigenvalue weighted by atomic mass is 16.5. The summed E-state index contributed by atoms with van der Waals surface area (Å²) in [6, 6.07) is 19.0. The van der Waals surface area contributed by atoms with Crippen molar-refractivity contribution in [2.24, 2.45) is 0 Å². The Hall–Kier alpha value is -4.51. The molecule has 4 rings (SSSR count). The van der Waals surface area contributed by atoms with Gasteiger partial charge >= 0.3 is 6.03 Å². The maximum atomic E-state index is 12.2. The molecule has 0 saturated heterocycles. The van der Waals surface area contributed by atoms with Gasteiger partial charge in [0.05, 0.1) is 34.8 Å². The molecule has 0 saturated carbocycles. The first-order chi connectivity index (χ1) is 16.6. The van der Waals surface area contributed by atoms with Crippen molar-refractivity contribution in [3.63, 3.8) is 0 Å². The Morgan fingerprint density at radius 3 is 2.56 bits per heavy atom. The second-order valence-electron chi connectivity index (χ2n) is 7.80. The van der Waals surface area contributed by atoms with Crippen LogP contribution in [0.2, 0.25) is 0 Å². The Balaban J connectivity index is 1.58. The number of hydrogen-bond donors (Lipinski definition) is 3. The van der Waals surface area contributed by atoms with Crippen LogP contribution in [0.25, 0.3) is 5.52 Å². The molecule has 8 heteroatoms. The van der Waals surface area contributed by atoms with Crippen LogP contribution < -0.4 is 20.7 Å². The zero-order valence-electron chi connectivity index (χ0n) is 19.1. The second kappa shape index (κ2) is 10.4. The molecular formula is C26H26N6O2. The van der Waals surface area contributed by atoms with Crippen LogP contribution in [0.5, 0.6) is 11.5 Å². The third-order valence-electron chi connectivity index (χ3n) is 5.34. The number of aryl methyl sites for hydroxylation is 1. The van der Waals surface area contributed by atoms with Crippen LogP contribution in [-0.4, -0.2) is 22.2 Å². The smallest absolute Gasteiger partial charge is 0.319 e. The van der Waals surface area contributed by atoms with Crippen LogP contribution >= 0.6 is 0 Å². The molecule has 0 aliphatic rings. The number of carbonyl (C=O) groups excluding carboxylic acids is 1. The number of amides is 2. The lowest BCUT2D eigenvalue weighted by atomic mass is 10.1. The molecule has 172 valence electrons. The first-order valence-corrected chi connectivity index (χ1v) is 11.1. The Morgan fingerprint density at radius 2 is 1.85 bits per heavy atom. The molecule has 0 unspecified atom stereocenters. The number of urea groups is 1. The van der Waals surface area contributed by atoms with E-state index in [-0.39, 0.29) is 6.03 Å². The van der Waals surface area contributed by atoms with E-state index in [1.165, 1.54) is 6.20 Å². The molecule has 2 amide bonds. The molecule has 0 fully saturated rings. The highest BCUT2D eigenvalue weighted by molar-refractivity contribution is 5.94. The summed E-state index contributed by atoms with van der Waals surface area (Å²) in [5.74, 6) is 1.46. The Bertz CT molecular complexity index is 1320. The number of para-hydroxylation sites is 1. The number of hydrogen-bond acceptors (Lipinski definition) is 5. The molecular weight excluding hydrogens is 428 g/mol. The van der Waals surface area contributed by atoms with Crippen molar-refractivity contribution < 1.29 is 9.53 Å². The zero-order chi connectivity index (χ0) is 23.9. The van der Waals surface area contributed by atoms with Crippen LogP contribution in [-0.2, 0) is 0 Å². The molecule has 0 spiro atoms. The summed E-state index contributed by atoms with van der Waals surface area (Å²) in [5.41, 5.74) is 3.96. The standard InChI is InChI=1S/C26H26N6O2/c1-3-4-14-28-26(33)31-23-17-32-25(18(23)2)24(19(15-27)16-29-32)30-20-10-12-22(13-11-20)34-21-8-6-5-7-9-21/h5-13,16-17,30H,3-4,14H2,1-2H3,(H2,28,31,33). The number of carbonyl (C=O) groups is 1. The second-order valence-corrected chi connectivity index (χ2v) is 7.80. The number of fused-ring (bicyclic) bond motifs is 1. The van der Waals surface area contributed by atoms with Gasteiger partial charge in [0.15, 0.2) is 0 Å². The number of benzene rings is 2. The Morgan fingerprint density at radius 1 is 1.12 bits per heavy atom. The Kier molecular flexibility index (Phi) is 6.94. The van der Waals surface area contributed by atoms with Gasteiger partial charge in [0, 0.05) is 17.8 Å². The van der Waals surface area contributed by atoms with E-state index in [0.717, 1.165) is 29.8 Å². The van der Waals surface area contributed by atoms with Gasteiger partial charge in [-0.3, -0.25) is 0 Å². The monoisotopic (exact) mass is 454 g/mol. The number of nitriles is 1. The normalized spacial score (nSPS) is 10.5. The fraction of sp³-hybridized carbons (Fsp3) is 0.192. The van der Waals surface area contributed by atoms with Gasteiger partial charge in [0.25, 0.3) is 0 Å². The van der Waals surface area contributed by atoms with E-state index in [1.807, 2.05) is 61.5 Å². The molecule has 0 atom stereocenters. The topological polar surface area (TPSA) is 103 Å². The van der Waals surface area contributed by atoms with Gasteiger partial charge in [-0.2, -0.15) is 10.4 Å². The van der Waals surface area contributed by atoms with Crippen LogP contribution in [0.4, 0.5) is 21.9 Å². The number of nitrogens with one attached hydrogen (secondary N) is 3. The summed E-state index contributed by atoms with van der Waals surface area (Å²) in [6.45, 7) is 4.57. The predicted molar refractivity (Wildman–Crippen MR) is 133 cm³/mol. The van der Waals surface area contributed by atoms with E-state index >= 15 is 0 Å². The number of rotatable bonds is 8. The first kappa shape index (κ1) is 22.7. The number of anilines is 3. The van der Waals surface area contributed by atoms with Gasteiger partial charge in [0.2, 0.25) is 0 Å². The first-order valence-electron chi connectivity index (χ1n) is 11.1. The zero-order valence-corrected chi connectivity index (χ0v) is 19.1. The van der Waals surface area contributed by atoms with E-state index in [9.17, 15) is 10.1 Å². The van der Waals surface area contributed by atoms with Crippen molar-refractivity contribution in [3.05, 3.63) is 78.1 Å². The molecule has 0 aliphatic heterocycles. The van der Waals surface area contributed by atoms with Crippen molar-refractivity contribution in [2.75, 3.05) is 17.2 Å². The third-order valence-corrected chi connectivity index (χ3v) is 5.34. The molecule has 8 nitrogen and oxygen atoms in total. The minimum atomic E-state index is -0.267. The van der Waals surface area contributed by atoms with E-state index < -0.39 is 0 Å². The maximum absolute atomic E-state index is 12.2. The minimum absolute atomic E-state index is 0.267. The lowest BCUT2D eigenvalue weighted by molar-refractivity contribution is 0.252. The van der Waals surface area contributed by atoms with E-state index in [0.29, 0.717) is 34.7 Å². The van der Waals surface area contributed by atoms with Crippen molar-refractivity contribution in [2.45, 2.75) is 26.7 Å². The van der Waals surface area contributed by atoms with Crippen LogP contribution in [0.1, 0.15) is 30.9 Å². The highest BCUT2D eigenvalue weighted by Gasteiger charge is 2.17. The summed E-state index contributed by atoms with van der Waals surface area (Å²) in [6.07, 6.45) is 5.17. The Labute approximate surface area is 198 Å². The quantitative estimate of drug-likeness (QED) is 0.285. The molecule has 0 bridgehead atoms. The molecule has 2 aromatic carbocycles. The van der Waals surface area contributed by atoms with E-state index in [4.69, 9.17) is 4.74 Å². The van der Waals surface area contributed by atoms with Gasteiger partial charge in [0.1, 0.15) is 17.6 Å². The van der Waals surface area contributed by atoms with Crippen LogP contribution in [0.3, 0.4) is 0 Å². The van der Waals surface area contributed by atoms with Gasteiger partial charge in [-0.25, -0.2) is 9.31 Å². The van der Waals surface area contributed by atoms with E-state index in [1.54, 1.807) is 10.7 Å². The van der Waals surface area contributed by atoms with Crippen molar-refractivity contribution in [1.82, 2.24) is 14.9 Å². The number of aromatic nitrogens is 2. The van der Waals surface area contributed by atoms with Crippen molar-refractivity contribution in [3.8, 4) is 17.6 Å².